The quantitative estimate of drug-likeness (QED) is 0.157. The van der Waals surface area contributed by atoms with Crippen molar-refractivity contribution in [3.63, 3.8) is 0 Å². The summed E-state index contributed by atoms with van der Waals surface area (Å²) in [6.45, 7) is 4.71. The number of halogens is 2. The molecule has 2 atom stereocenters. The Morgan fingerprint density at radius 3 is 1.08 bits per heavy atom. The van der Waals surface area contributed by atoms with E-state index < -0.39 is 10.8 Å². The molecule has 0 aliphatic heterocycles. The second-order valence-electron chi connectivity index (χ2n) is 17.2. The third-order valence-electron chi connectivity index (χ3n) is 14.6. The zero-order valence-corrected chi connectivity index (χ0v) is 35.1. The van der Waals surface area contributed by atoms with E-state index in [9.17, 15) is 0 Å². The summed E-state index contributed by atoms with van der Waals surface area (Å²) >= 11 is 15.7. The van der Waals surface area contributed by atoms with Gasteiger partial charge in [0.1, 0.15) is 0 Å². The van der Waals surface area contributed by atoms with Crippen LogP contribution < -0.4 is 0 Å². The van der Waals surface area contributed by atoms with Crippen molar-refractivity contribution in [2.24, 2.45) is 0 Å². The van der Waals surface area contributed by atoms with Gasteiger partial charge in [0.2, 0.25) is 0 Å². The molecule has 286 valence electrons. The first-order chi connectivity index (χ1) is 29.6. The van der Waals surface area contributed by atoms with Gasteiger partial charge in [0, 0.05) is 11.1 Å². The van der Waals surface area contributed by atoms with Crippen molar-refractivity contribution in [1.29, 1.82) is 0 Å². The van der Waals surface area contributed by atoms with E-state index in [1.165, 1.54) is 111 Å². The lowest BCUT2D eigenvalue weighted by Crippen LogP contribution is -2.41. The van der Waals surface area contributed by atoms with Gasteiger partial charge >= 0.3 is 0 Å². The van der Waals surface area contributed by atoms with Gasteiger partial charge in [-0.15, -0.1) is 0 Å². The normalized spacial score (nSPS) is 20.5. The first kappa shape index (κ1) is 34.9. The summed E-state index contributed by atoms with van der Waals surface area (Å²) in [4.78, 5) is 0. The van der Waals surface area contributed by atoms with Crippen LogP contribution in [0.2, 0.25) is 0 Å². The molecule has 6 aliphatic carbocycles. The fourth-order valence-corrected chi connectivity index (χ4v) is 13.6. The highest BCUT2D eigenvalue weighted by atomic mass is 35.5. The molecule has 2 spiro atoms. The van der Waals surface area contributed by atoms with Crippen LogP contribution in [-0.4, -0.2) is 0 Å². The SMILES string of the molecule is CCCc1c(CCC)c2c(c3c1[C@@]1(C4=C(Cl)c5ccccc5C4=C1c1ccccc1)c1ccccc1-3)-c1ccccc1[C@]21C2=C(Cl)c3ccccc3C2=C1c1ccccc1. The lowest BCUT2D eigenvalue weighted by atomic mass is 9.51. The molecule has 13 rings (SSSR count). The van der Waals surface area contributed by atoms with Gasteiger partial charge < -0.3 is 0 Å². The molecule has 0 saturated carbocycles. The molecule has 0 bridgehead atoms. The van der Waals surface area contributed by atoms with E-state index in [1.807, 2.05) is 0 Å². The second-order valence-corrected chi connectivity index (χ2v) is 18.0. The molecule has 0 heterocycles. The number of fused-ring (bicyclic) bond motifs is 19. The molecular weight excluding hydrogens is 768 g/mol. The average Bonchev–Trinajstić information content (AvgIpc) is 3.93. The molecule has 0 unspecified atom stereocenters. The summed E-state index contributed by atoms with van der Waals surface area (Å²) in [6.07, 6.45) is 3.99. The number of allylic oxidation sites excluding steroid dienone is 6. The van der Waals surface area contributed by atoms with Gasteiger partial charge in [-0.2, -0.15) is 0 Å². The minimum atomic E-state index is -0.547. The Kier molecular flexibility index (Phi) is 7.17. The highest BCUT2D eigenvalue weighted by Crippen LogP contribution is 2.79. The average molecular weight is 808 g/mol. The molecule has 7 aromatic rings. The van der Waals surface area contributed by atoms with Gasteiger partial charge in [0.15, 0.2) is 0 Å². The smallest absolute Gasteiger partial charge is 0.0749 e. The number of hydrogen-bond donors (Lipinski definition) is 0. The second kappa shape index (κ2) is 12.3. The van der Waals surface area contributed by atoms with Crippen LogP contribution in [0.15, 0.2) is 169 Å². The Labute approximate surface area is 361 Å². The summed E-state index contributed by atoms with van der Waals surface area (Å²) in [7, 11) is 0. The Balaban J connectivity index is 1.25. The molecule has 6 aliphatic rings. The maximum Gasteiger partial charge on any atom is 0.0749 e. The predicted molar refractivity (Wildman–Crippen MR) is 252 cm³/mol. The van der Waals surface area contributed by atoms with Crippen LogP contribution in [-0.2, 0) is 23.7 Å². The Morgan fingerprint density at radius 2 is 0.700 bits per heavy atom. The minimum Gasteiger partial charge on any atom is -0.0833 e. The van der Waals surface area contributed by atoms with E-state index in [0.717, 1.165) is 46.9 Å². The fourth-order valence-electron chi connectivity index (χ4n) is 12.8. The van der Waals surface area contributed by atoms with Gasteiger partial charge in [0.25, 0.3) is 0 Å². The van der Waals surface area contributed by atoms with Crippen molar-refractivity contribution in [2.45, 2.75) is 50.4 Å². The molecule has 0 radical (unpaired) electrons. The van der Waals surface area contributed by atoms with Crippen LogP contribution in [0.25, 0.3) is 54.6 Å². The number of benzene rings is 7. The molecule has 0 fully saturated rings. The summed E-state index contributed by atoms with van der Waals surface area (Å²) in [5.74, 6) is 0. The van der Waals surface area contributed by atoms with Gasteiger partial charge in [-0.05, 0) is 124 Å². The Hall–Kier alpha value is -5.92. The molecule has 2 heteroatoms. The molecule has 0 nitrogen and oxygen atoms in total. The van der Waals surface area contributed by atoms with Crippen molar-refractivity contribution in [3.8, 4) is 22.3 Å². The molecule has 0 N–H and O–H groups in total. The zero-order chi connectivity index (χ0) is 40.1. The monoisotopic (exact) mass is 806 g/mol. The van der Waals surface area contributed by atoms with E-state index >= 15 is 0 Å². The molecule has 7 aromatic carbocycles. The van der Waals surface area contributed by atoms with E-state index in [1.54, 1.807) is 0 Å². The van der Waals surface area contributed by atoms with Crippen molar-refractivity contribution in [2.75, 3.05) is 0 Å². The lowest BCUT2D eigenvalue weighted by Gasteiger charge is -2.50. The molecule has 0 amide bonds. The number of hydrogen-bond acceptors (Lipinski definition) is 0. The van der Waals surface area contributed by atoms with Crippen LogP contribution in [0.4, 0.5) is 0 Å². The van der Waals surface area contributed by atoms with Crippen LogP contribution >= 0.6 is 23.2 Å². The zero-order valence-electron chi connectivity index (χ0n) is 33.6. The molecule has 0 aromatic heterocycles. The first-order valence-corrected chi connectivity index (χ1v) is 22.4. The van der Waals surface area contributed by atoms with Crippen molar-refractivity contribution < 1.29 is 0 Å². The van der Waals surface area contributed by atoms with Crippen LogP contribution in [0.5, 0.6) is 0 Å². The van der Waals surface area contributed by atoms with Crippen LogP contribution in [0, 0.1) is 0 Å². The van der Waals surface area contributed by atoms with Crippen LogP contribution in [0.3, 0.4) is 0 Å². The van der Waals surface area contributed by atoms with Gasteiger partial charge in [0.05, 0.1) is 20.9 Å². The van der Waals surface area contributed by atoms with E-state index in [0.29, 0.717) is 0 Å². The van der Waals surface area contributed by atoms with Gasteiger partial charge in [-0.1, -0.05) is 208 Å². The molecular formula is C58H40Cl2. The van der Waals surface area contributed by atoms with E-state index in [-0.39, 0.29) is 0 Å². The summed E-state index contributed by atoms with van der Waals surface area (Å²) in [5.41, 5.74) is 28.0. The van der Waals surface area contributed by atoms with Gasteiger partial charge in [-0.25, -0.2) is 0 Å². The van der Waals surface area contributed by atoms with E-state index in [4.69, 9.17) is 23.2 Å². The third-order valence-corrected chi connectivity index (χ3v) is 15.4. The molecule has 0 saturated heterocycles. The van der Waals surface area contributed by atoms with Crippen molar-refractivity contribution >= 4 is 55.6 Å². The standard InChI is InChI=1S/C58H40Cl2/c1-3-19-37-38(20-4-2)52-46(42-30-16-18-32-44(42)58(52)50(34-23-9-6-10-24-34)48-36-26-12-14-28-40(36)56(60)54(48)58)45-41-29-15-17-31-43(41)57(51(37)45)49(33-21-7-5-8-22-33)47-35-25-11-13-27-39(35)55(59)53(47)57/h5-18,21-32H,3-4,19-20H2,1-2H3/t57-,58-/m1/s1. The summed E-state index contributed by atoms with van der Waals surface area (Å²) in [5, 5.41) is 1.77. The third kappa shape index (κ3) is 3.84. The Morgan fingerprint density at radius 1 is 0.367 bits per heavy atom. The Bertz CT molecular complexity index is 3010. The topological polar surface area (TPSA) is 0 Å². The summed E-state index contributed by atoms with van der Waals surface area (Å²) < 4.78 is 0. The van der Waals surface area contributed by atoms with Crippen molar-refractivity contribution in [3.05, 3.63) is 236 Å². The highest BCUT2D eigenvalue weighted by Gasteiger charge is 2.66. The maximum atomic E-state index is 7.83. The maximum absolute atomic E-state index is 7.83. The predicted octanol–water partition coefficient (Wildman–Crippen LogP) is 15.3. The lowest BCUT2D eigenvalue weighted by molar-refractivity contribution is 0.740. The largest absolute Gasteiger partial charge is 0.0833 e. The fraction of sp³-hybridized carbons (Fsp3) is 0.138. The highest BCUT2D eigenvalue weighted by molar-refractivity contribution is 6.55. The van der Waals surface area contributed by atoms with Crippen LogP contribution in [0.1, 0.15) is 93.5 Å². The number of rotatable bonds is 6. The van der Waals surface area contributed by atoms with Crippen molar-refractivity contribution in [1.82, 2.24) is 0 Å². The molecule has 60 heavy (non-hydrogen) atoms. The minimum absolute atomic E-state index is 0.547. The van der Waals surface area contributed by atoms with E-state index in [2.05, 4.69) is 172 Å². The van der Waals surface area contributed by atoms with Gasteiger partial charge in [-0.3, -0.25) is 0 Å². The summed E-state index contributed by atoms with van der Waals surface area (Å²) in [6, 6.07) is 58.6. The first-order valence-electron chi connectivity index (χ1n) is 21.6.